The Labute approximate surface area is 106 Å². The highest BCUT2D eigenvalue weighted by Crippen LogP contribution is 2.21. The normalized spacial score (nSPS) is 16.4. The third-order valence-corrected chi connectivity index (χ3v) is 4.07. The summed E-state index contributed by atoms with van der Waals surface area (Å²) in [6, 6.07) is 8.77. The molecular formula is C17H26. The van der Waals surface area contributed by atoms with Crippen molar-refractivity contribution in [1.29, 1.82) is 0 Å². The summed E-state index contributed by atoms with van der Waals surface area (Å²) in [5.41, 5.74) is 2.92. The highest BCUT2D eigenvalue weighted by molar-refractivity contribution is 5.49. The van der Waals surface area contributed by atoms with Crippen LogP contribution in [0, 0.1) is 11.8 Å². The van der Waals surface area contributed by atoms with Crippen molar-refractivity contribution in [2.24, 2.45) is 11.8 Å². The molecule has 0 aliphatic rings. The monoisotopic (exact) mass is 230 g/mol. The summed E-state index contributed by atoms with van der Waals surface area (Å²) in [5, 5.41) is 2.83. The van der Waals surface area contributed by atoms with Crippen molar-refractivity contribution in [2.45, 2.75) is 48.0 Å². The van der Waals surface area contributed by atoms with Crippen LogP contribution in [0.15, 0.2) is 24.3 Å². The zero-order valence-corrected chi connectivity index (χ0v) is 12.2. The van der Waals surface area contributed by atoms with Gasteiger partial charge in [-0.05, 0) is 43.0 Å². The molecule has 0 heteroatoms. The molecule has 1 aromatic carbocycles. The summed E-state index contributed by atoms with van der Waals surface area (Å²) in [5.74, 6) is 1.40. The zero-order valence-electron chi connectivity index (χ0n) is 12.2. The standard InChI is InChI=1S/C17H26/c1-7-13(4)14(5)15(6)17-11-9-8-10-16(17)12(2)3/h8-11,13-14H,7H2,1-6H3. The number of rotatable bonds is 3. The van der Waals surface area contributed by atoms with Gasteiger partial charge in [-0.25, -0.2) is 0 Å². The van der Waals surface area contributed by atoms with Gasteiger partial charge in [0.05, 0.1) is 0 Å². The van der Waals surface area contributed by atoms with Gasteiger partial charge in [-0.3, -0.25) is 0 Å². The molecule has 17 heavy (non-hydrogen) atoms. The Morgan fingerprint density at radius 1 is 1.00 bits per heavy atom. The average molecular weight is 230 g/mol. The minimum absolute atomic E-state index is 0.653. The molecule has 0 bridgehead atoms. The van der Waals surface area contributed by atoms with Crippen LogP contribution in [0.2, 0.25) is 0 Å². The first-order valence-electron chi connectivity index (χ1n) is 6.72. The molecule has 2 atom stereocenters. The largest absolute Gasteiger partial charge is 0.0686 e. The van der Waals surface area contributed by atoms with E-state index >= 15 is 0 Å². The Morgan fingerprint density at radius 3 is 2.00 bits per heavy atom. The van der Waals surface area contributed by atoms with Crippen molar-refractivity contribution in [3.8, 4) is 0 Å². The Hall–Kier alpha value is -1.04. The molecule has 0 fully saturated rings. The maximum atomic E-state index is 2.35. The fraction of sp³-hybridized carbons (Fsp3) is 0.529. The Balaban J connectivity index is 3.46. The fourth-order valence-corrected chi connectivity index (χ4v) is 2.29. The van der Waals surface area contributed by atoms with E-state index in [1.165, 1.54) is 28.0 Å². The molecule has 0 aliphatic heterocycles. The third-order valence-electron chi connectivity index (χ3n) is 4.07. The highest BCUT2D eigenvalue weighted by Gasteiger charge is 2.12. The molecule has 1 rings (SSSR count). The fourth-order valence-electron chi connectivity index (χ4n) is 2.29. The molecule has 94 valence electrons. The second kappa shape index (κ2) is 6.05. The Morgan fingerprint density at radius 2 is 1.53 bits per heavy atom. The maximum Gasteiger partial charge on any atom is -0.0193 e. The van der Waals surface area contributed by atoms with Gasteiger partial charge in [0.25, 0.3) is 0 Å². The number of hydrogen-bond acceptors (Lipinski definition) is 0. The van der Waals surface area contributed by atoms with Gasteiger partial charge in [0.2, 0.25) is 0 Å². The van der Waals surface area contributed by atoms with E-state index < -0.39 is 0 Å². The van der Waals surface area contributed by atoms with E-state index in [0.29, 0.717) is 5.92 Å². The van der Waals surface area contributed by atoms with Crippen LogP contribution in [0.25, 0.3) is 11.1 Å². The van der Waals surface area contributed by atoms with Gasteiger partial charge in [-0.1, -0.05) is 62.6 Å². The van der Waals surface area contributed by atoms with E-state index in [1.54, 1.807) is 0 Å². The predicted molar refractivity (Wildman–Crippen MR) is 78.1 cm³/mol. The molecule has 1 aromatic rings. The van der Waals surface area contributed by atoms with Gasteiger partial charge in [-0.15, -0.1) is 0 Å². The lowest BCUT2D eigenvalue weighted by Gasteiger charge is -2.19. The van der Waals surface area contributed by atoms with Gasteiger partial charge >= 0.3 is 0 Å². The van der Waals surface area contributed by atoms with E-state index in [2.05, 4.69) is 65.8 Å². The summed E-state index contributed by atoms with van der Waals surface area (Å²) in [4.78, 5) is 0. The summed E-state index contributed by atoms with van der Waals surface area (Å²) < 4.78 is 0. The highest BCUT2D eigenvalue weighted by atomic mass is 14.2. The minimum atomic E-state index is 0.653. The molecule has 0 spiro atoms. The predicted octanol–water partition coefficient (Wildman–Crippen LogP) is 3.73. The topological polar surface area (TPSA) is 0 Å². The van der Waals surface area contributed by atoms with Crippen molar-refractivity contribution in [3.63, 3.8) is 0 Å². The van der Waals surface area contributed by atoms with Crippen LogP contribution in [0.4, 0.5) is 0 Å². The molecule has 0 N–H and O–H groups in total. The Kier molecular flexibility index (Phi) is 4.99. The summed E-state index contributed by atoms with van der Waals surface area (Å²) in [6.45, 7) is 13.7. The SMILES string of the molecule is CCC(C)C(C)C(C)=c1ccccc1=C(C)C. The van der Waals surface area contributed by atoms with Crippen LogP contribution in [-0.2, 0) is 0 Å². The van der Waals surface area contributed by atoms with Crippen molar-refractivity contribution < 1.29 is 0 Å². The molecule has 2 unspecified atom stereocenters. The lowest BCUT2D eigenvalue weighted by molar-refractivity contribution is 0.454. The summed E-state index contributed by atoms with van der Waals surface area (Å²) in [6.07, 6.45) is 1.25. The third kappa shape index (κ3) is 3.21. The first-order chi connectivity index (χ1) is 7.99. The molecule has 0 radical (unpaired) electrons. The number of hydrogen-bond donors (Lipinski definition) is 0. The van der Waals surface area contributed by atoms with Crippen molar-refractivity contribution in [2.75, 3.05) is 0 Å². The van der Waals surface area contributed by atoms with E-state index in [9.17, 15) is 0 Å². The van der Waals surface area contributed by atoms with Gasteiger partial charge < -0.3 is 0 Å². The van der Waals surface area contributed by atoms with Crippen LogP contribution in [0.3, 0.4) is 0 Å². The summed E-state index contributed by atoms with van der Waals surface area (Å²) in [7, 11) is 0. The van der Waals surface area contributed by atoms with E-state index in [1.807, 2.05) is 0 Å². The molecule has 0 amide bonds. The smallest absolute Gasteiger partial charge is 0.0193 e. The van der Waals surface area contributed by atoms with Crippen LogP contribution in [0.1, 0.15) is 48.0 Å². The summed E-state index contributed by atoms with van der Waals surface area (Å²) >= 11 is 0. The van der Waals surface area contributed by atoms with Gasteiger partial charge in [0.15, 0.2) is 0 Å². The van der Waals surface area contributed by atoms with Crippen molar-refractivity contribution in [3.05, 3.63) is 34.7 Å². The lowest BCUT2D eigenvalue weighted by Crippen LogP contribution is -2.30. The molecule has 0 aromatic heterocycles. The first kappa shape index (κ1) is 14.0. The Bertz CT molecular complexity index is 475. The average Bonchev–Trinajstić information content (AvgIpc) is 2.35. The number of benzene rings is 1. The molecule has 0 saturated heterocycles. The molecule has 0 heterocycles. The lowest BCUT2D eigenvalue weighted by atomic mass is 9.86. The van der Waals surface area contributed by atoms with E-state index in [4.69, 9.17) is 0 Å². The first-order valence-corrected chi connectivity index (χ1v) is 6.72. The van der Waals surface area contributed by atoms with Crippen LogP contribution < -0.4 is 10.4 Å². The van der Waals surface area contributed by atoms with Crippen LogP contribution >= 0.6 is 0 Å². The van der Waals surface area contributed by atoms with Crippen LogP contribution in [-0.4, -0.2) is 0 Å². The second-order valence-electron chi connectivity index (χ2n) is 5.40. The molecule has 0 aliphatic carbocycles. The van der Waals surface area contributed by atoms with Gasteiger partial charge in [-0.2, -0.15) is 0 Å². The van der Waals surface area contributed by atoms with Crippen LogP contribution in [0.5, 0.6) is 0 Å². The maximum absolute atomic E-state index is 2.35. The van der Waals surface area contributed by atoms with Gasteiger partial charge in [0, 0.05) is 0 Å². The second-order valence-corrected chi connectivity index (χ2v) is 5.40. The minimum Gasteiger partial charge on any atom is -0.0686 e. The zero-order chi connectivity index (χ0) is 13.0. The van der Waals surface area contributed by atoms with E-state index in [-0.39, 0.29) is 0 Å². The van der Waals surface area contributed by atoms with Crippen molar-refractivity contribution in [1.82, 2.24) is 0 Å². The van der Waals surface area contributed by atoms with E-state index in [0.717, 1.165) is 5.92 Å². The molecular weight excluding hydrogens is 204 g/mol. The van der Waals surface area contributed by atoms with Crippen molar-refractivity contribution >= 4 is 11.1 Å². The quantitative estimate of drug-likeness (QED) is 0.742. The molecule has 0 saturated carbocycles. The van der Waals surface area contributed by atoms with Gasteiger partial charge in [0.1, 0.15) is 0 Å². The molecule has 0 nitrogen and oxygen atoms in total.